The van der Waals surface area contributed by atoms with Crippen LogP contribution in [0.3, 0.4) is 0 Å². The number of hydrogen-bond acceptors (Lipinski definition) is 4. The SMILES string of the molecule is CC(CC1[Se][Se]123(CCCCC2)[Se]C3CC(C)OS)OS. The fraction of sp³-hybridized carbons (Fsp3) is 1.00. The third-order valence-corrected chi connectivity index (χ3v) is 81.1. The zero-order valence-electron chi connectivity index (χ0n) is 12.2. The van der Waals surface area contributed by atoms with Crippen LogP contribution in [0.4, 0.5) is 0 Å². The van der Waals surface area contributed by atoms with Gasteiger partial charge in [-0.3, -0.25) is 0 Å². The predicted molar refractivity (Wildman–Crippen MR) is 96.5 cm³/mol. The molecule has 3 aliphatic rings. The molecule has 0 bridgehead atoms. The van der Waals surface area contributed by atoms with Crippen LogP contribution in [0.25, 0.3) is 0 Å². The van der Waals surface area contributed by atoms with Gasteiger partial charge in [-0.25, -0.2) is 0 Å². The first-order valence-corrected chi connectivity index (χ1v) is 23.3. The summed E-state index contributed by atoms with van der Waals surface area (Å²) in [5.41, 5.74) is 0. The Morgan fingerprint density at radius 1 is 0.950 bits per heavy atom. The molecule has 4 unspecified atom stereocenters. The predicted octanol–water partition coefficient (Wildman–Crippen LogP) is 3.89. The summed E-state index contributed by atoms with van der Waals surface area (Å²) in [6.45, 7) is 4.40. The van der Waals surface area contributed by atoms with Gasteiger partial charge in [0.1, 0.15) is 0 Å². The molecule has 0 N–H and O–H groups in total. The van der Waals surface area contributed by atoms with Crippen LogP contribution in [0.1, 0.15) is 46.0 Å². The van der Waals surface area contributed by atoms with Crippen LogP contribution >= 0.6 is 25.8 Å². The summed E-state index contributed by atoms with van der Waals surface area (Å²) in [7, 11) is -2.19. The molecule has 0 aromatic carbocycles. The van der Waals surface area contributed by atoms with Gasteiger partial charge in [0.15, 0.2) is 0 Å². The van der Waals surface area contributed by atoms with Gasteiger partial charge in [0, 0.05) is 0 Å². The van der Waals surface area contributed by atoms with Crippen molar-refractivity contribution in [2.75, 3.05) is 0 Å². The zero-order valence-corrected chi connectivity index (χ0v) is 19.1. The van der Waals surface area contributed by atoms with Crippen molar-refractivity contribution in [3.8, 4) is 0 Å². The van der Waals surface area contributed by atoms with E-state index in [1.165, 1.54) is 32.1 Å². The molecular weight excluding hydrogens is 489 g/mol. The Kier molecular flexibility index (Phi) is 4.54. The van der Waals surface area contributed by atoms with Gasteiger partial charge < -0.3 is 0 Å². The van der Waals surface area contributed by atoms with Gasteiger partial charge >= 0.3 is 144 Å². The Morgan fingerprint density at radius 2 is 1.40 bits per heavy atom. The van der Waals surface area contributed by atoms with Crippen molar-refractivity contribution >= 4 is 59.2 Å². The molecular formula is C13H26O2S2Se3. The topological polar surface area (TPSA) is 18.5 Å². The monoisotopic (exact) mass is 518 g/mol. The summed E-state index contributed by atoms with van der Waals surface area (Å²) >= 11 is 10.0. The molecule has 0 saturated carbocycles. The van der Waals surface area contributed by atoms with Gasteiger partial charge in [0.05, 0.1) is 0 Å². The number of hydrogen-bond donors (Lipinski definition) is 2. The molecule has 2 nitrogen and oxygen atoms in total. The molecule has 1 spiro atoms. The van der Waals surface area contributed by atoms with Gasteiger partial charge in [0.25, 0.3) is 0 Å². The fourth-order valence-electron chi connectivity index (χ4n) is 4.13. The standard InChI is InChI=1S/C13H26O2S2Se3/c1-10(14-16)8-12-18-20(12,6-4-3-5-7-20)13(19-20)9-11(2)15-17/h10-13,16-17H,3-9H2,1-2H3. The van der Waals surface area contributed by atoms with Crippen molar-refractivity contribution in [2.45, 2.75) is 76.2 Å². The normalized spacial score (nSPS) is 42.0. The minimum atomic E-state index is -2.19. The van der Waals surface area contributed by atoms with Crippen LogP contribution < -0.4 is 0 Å². The summed E-state index contributed by atoms with van der Waals surface area (Å²) in [4.78, 5) is 0. The van der Waals surface area contributed by atoms with Gasteiger partial charge in [-0.1, -0.05) is 0 Å². The third kappa shape index (κ3) is 2.19. The van der Waals surface area contributed by atoms with Gasteiger partial charge in [-0.2, -0.15) is 0 Å². The average molecular weight is 515 g/mol. The molecule has 0 aliphatic carbocycles. The van der Waals surface area contributed by atoms with E-state index < -0.39 is 7.08 Å². The maximum absolute atomic E-state index is 5.29. The molecule has 3 fully saturated rings. The second kappa shape index (κ2) is 5.34. The molecule has 20 heavy (non-hydrogen) atoms. The molecule has 0 aromatic rings. The van der Waals surface area contributed by atoms with Gasteiger partial charge in [-0.05, 0) is 0 Å². The average Bonchev–Trinajstić information content (AvgIpc) is 3.23. The van der Waals surface area contributed by atoms with Crippen LogP contribution in [0.15, 0.2) is 0 Å². The maximum atomic E-state index is 5.29. The summed E-state index contributed by atoms with van der Waals surface area (Å²) in [5.74, 6) is 0. The first-order valence-electron chi connectivity index (χ1n) is 7.48. The van der Waals surface area contributed by atoms with Crippen LogP contribution in [0.5, 0.6) is 0 Å². The molecule has 3 saturated heterocycles. The van der Waals surface area contributed by atoms with E-state index in [4.69, 9.17) is 8.37 Å². The molecule has 7 heteroatoms. The fourth-order valence-corrected chi connectivity index (χ4v) is 114. The van der Waals surface area contributed by atoms with E-state index in [1.807, 2.05) is 0 Å². The Morgan fingerprint density at radius 3 is 1.80 bits per heavy atom. The van der Waals surface area contributed by atoms with Crippen LogP contribution in [0, 0.1) is 0 Å². The number of thiol groups is 2. The second-order valence-corrected chi connectivity index (χ2v) is 57.7. The van der Waals surface area contributed by atoms with Gasteiger partial charge in [0.2, 0.25) is 0 Å². The van der Waals surface area contributed by atoms with E-state index in [0.29, 0.717) is 12.2 Å². The van der Waals surface area contributed by atoms with Gasteiger partial charge in [-0.15, -0.1) is 0 Å². The van der Waals surface area contributed by atoms with E-state index in [2.05, 4.69) is 39.7 Å². The molecule has 3 heterocycles. The van der Waals surface area contributed by atoms with Crippen LogP contribution in [0.2, 0.25) is 18.1 Å². The summed E-state index contributed by atoms with van der Waals surface area (Å²) in [6.07, 6.45) is 7.82. The van der Waals surface area contributed by atoms with E-state index in [0.717, 1.165) is 33.7 Å². The molecule has 120 valence electrons. The first kappa shape index (κ1) is 17.0. The first-order chi connectivity index (χ1) is 9.46. The summed E-state index contributed by atoms with van der Waals surface area (Å²) in [6, 6.07) is 0. The molecule has 0 amide bonds. The van der Waals surface area contributed by atoms with Crippen molar-refractivity contribution in [2.24, 2.45) is 0 Å². The van der Waals surface area contributed by atoms with Crippen molar-refractivity contribution in [3.63, 3.8) is 0 Å². The summed E-state index contributed by atoms with van der Waals surface area (Å²) in [5, 5.41) is 3.34. The van der Waals surface area contributed by atoms with E-state index in [9.17, 15) is 0 Å². The van der Waals surface area contributed by atoms with E-state index >= 15 is 0 Å². The molecule has 3 aliphatic heterocycles. The Hall–Kier alpha value is 2.18. The Balaban J connectivity index is 1.78. The van der Waals surface area contributed by atoms with Crippen molar-refractivity contribution in [1.82, 2.24) is 0 Å². The Bertz CT molecular complexity index is 382. The molecule has 3 rings (SSSR count). The minimum absolute atomic E-state index is 0.341. The quantitative estimate of drug-likeness (QED) is 0.318. The zero-order chi connectivity index (χ0) is 14.5. The number of rotatable bonds is 6. The van der Waals surface area contributed by atoms with E-state index in [-0.39, 0.29) is 0 Å². The molecule has 0 radical (unpaired) electrons. The third-order valence-electron chi connectivity index (χ3n) is 5.48. The second-order valence-electron chi connectivity index (χ2n) is 6.76. The van der Waals surface area contributed by atoms with Crippen molar-refractivity contribution in [1.29, 1.82) is 0 Å². The molecule has 4 atom stereocenters. The van der Waals surface area contributed by atoms with Crippen molar-refractivity contribution in [3.05, 3.63) is 0 Å². The van der Waals surface area contributed by atoms with Crippen molar-refractivity contribution < 1.29 is 8.37 Å². The van der Waals surface area contributed by atoms with Crippen LogP contribution in [-0.2, 0) is 8.37 Å². The molecule has 0 aromatic heterocycles. The van der Waals surface area contributed by atoms with E-state index in [1.54, 1.807) is 10.6 Å². The van der Waals surface area contributed by atoms with Crippen LogP contribution in [-0.4, -0.2) is 45.6 Å². The Labute approximate surface area is 142 Å². The summed E-state index contributed by atoms with van der Waals surface area (Å²) < 4.78 is 12.8.